The minimum atomic E-state index is -4.44. The molecule has 0 radical (unpaired) electrons. The Bertz CT molecular complexity index is 2100. The summed E-state index contributed by atoms with van der Waals surface area (Å²) in [5.74, 6) is 0. The van der Waals surface area contributed by atoms with Gasteiger partial charge in [0.05, 0.1) is 9.79 Å². The smallest absolute Gasteiger partial charge is 0.744 e. The van der Waals surface area contributed by atoms with Crippen LogP contribution < -0.4 is 0 Å². The van der Waals surface area contributed by atoms with E-state index < -0.39 is 20.2 Å². The van der Waals surface area contributed by atoms with Gasteiger partial charge in [-0.05, 0) is 119 Å². The van der Waals surface area contributed by atoms with Gasteiger partial charge in [0.15, 0.2) is 0 Å². The van der Waals surface area contributed by atoms with Crippen LogP contribution in [0.15, 0.2) is 70.5 Å². The van der Waals surface area contributed by atoms with E-state index in [0.717, 1.165) is 60.1 Å². The fourth-order valence-corrected chi connectivity index (χ4v) is 11.5. The van der Waals surface area contributed by atoms with E-state index in [1.165, 1.54) is 253 Å². The Kier molecular flexibility index (Phi) is 38.5. The molecule has 6 nitrogen and oxygen atoms in total. The number of hydrogen-bond acceptors (Lipinski definition) is 6. The van der Waals surface area contributed by atoms with Crippen LogP contribution in [0.3, 0.4) is 0 Å². The molecular weight excluding hydrogens is 969 g/mol. The molecule has 4 rings (SSSR count). The van der Waals surface area contributed by atoms with Crippen LogP contribution in [0.5, 0.6) is 0 Å². The van der Waals surface area contributed by atoms with Gasteiger partial charge in [-0.15, -0.1) is 0 Å². The Morgan fingerprint density at radius 3 is 0.781 bits per heavy atom. The van der Waals surface area contributed by atoms with Crippen molar-refractivity contribution in [3.63, 3.8) is 0 Å². The zero-order valence-corrected chi connectivity index (χ0v) is 50.9. The molecule has 0 amide bonds. The first-order valence-electron chi connectivity index (χ1n) is 29.9. The van der Waals surface area contributed by atoms with Crippen LogP contribution in [0.1, 0.15) is 281 Å². The van der Waals surface area contributed by atoms with E-state index in [9.17, 15) is 25.9 Å². The average Bonchev–Trinajstić information content (AvgIpc) is 3.36. The van der Waals surface area contributed by atoms with Gasteiger partial charge < -0.3 is 9.11 Å². The molecule has 0 spiro atoms. The van der Waals surface area contributed by atoms with Gasteiger partial charge in [0, 0.05) is 0 Å². The summed E-state index contributed by atoms with van der Waals surface area (Å²) in [7, 11) is -8.89. The van der Waals surface area contributed by atoms with Crippen molar-refractivity contribution < 1.29 is 25.9 Å². The van der Waals surface area contributed by atoms with Crippen molar-refractivity contribution in [2.24, 2.45) is 0 Å². The van der Waals surface area contributed by atoms with Gasteiger partial charge in [0.1, 0.15) is 20.2 Å². The van der Waals surface area contributed by atoms with Gasteiger partial charge in [0.25, 0.3) is 0 Å². The van der Waals surface area contributed by atoms with Gasteiger partial charge in [-0.2, -0.15) is 0 Å². The van der Waals surface area contributed by atoms with Crippen molar-refractivity contribution in [3.05, 3.63) is 82.9 Å². The number of unbranched alkanes of at least 4 members (excludes halogenated alkanes) is 32. The molecular formula is C64H102CaO6S2. The molecule has 9 heteroatoms. The van der Waals surface area contributed by atoms with E-state index in [0.29, 0.717) is 0 Å². The zero-order valence-electron chi connectivity index (χ0n) is 47.0. The number of benzene rings is 4. The van der Waals surface area contributed by atoms with Crippen molar-refractivity contribution in [1.82, 2.24) is 0 Å². The minimum Gasteiger partial charge on any atom is -0.744 e. The van der Waals surface area contributed by atoms with Gasteiger partial charge in [-0.3, -0.25) is 0 Å². The summed E-state index contributed by atoms with van der Waals surface area (Å²) in [5, 5.41) is 3.98. The minimum absolute atomic E-state index is 0. The fraction of sp³-hybridized carbons (Fsp3) is 0.688. The van der Waals surface area contributed by atoms with Crippen molar-refractivity contribution >= 4 is 79.5 Å². The van der Waals surface area contributed by atoms with Crippen molar-refractivity contribution in [3.8, 4) is 0 Å². The Hall–Kier alpha value is -1.52. The van der Waals surface area contributed by atoms with Gasteiger partial charge in [0.2, 0.25) is 0 Å². The molecule has 0 N–H and O–H groups in total. The summed E-state index contributed by atoms with van der Waals surface area (Å²) in [6, 6.07) is 18.7. The third-order valence-corrected chi connectivity index (χ3v) is 16.6. The summed E-state index contributed by atoms with van der Waals surface area (Å²) >= 11 is 0. The Morgan fingerprint density at radius 2 is 0.534 bits per heavy atom. The monoisotopic (exact) mass is 1070 g/mol. The zero-order chi connectivity index (χ0) is 52.1. The molecule has 0 fully saturated rings. The third-order valence-electron chi connectivity index (χ3n) is 15.0. The van der Waals surface area contributed by atoms with E-state index in [1.807, 2.05) is 12.1 Å². The standard InChI is InChI=1S/2C32H52O3S.Ca/c2*1-3-5-7-9-11-13-15-17-19-21-28-25-29(22-20-18-16-14-12-10-8-6-4-2)32-27-31(36(33,34)35)24-23-30(32)26-28;/h2*23-27H,3-22H2,1-2H3,(H,33,34,35);/q;;+2/p-2. The first-order valence-corrected chi connectivity index (χ1v) is 32.8. The molecule has 0 unspecified atom stereocenters. The molecule has 0 heterocycles. The molecule has 0 aliphatic rings. The second-order valence-electron chi connectivity index (χ2n) is 21.5. The van der Waals surface area contributed by atoms with E-state index in [2.05, 4.69) is 52.0 Å². The molecule has 0 atom stereocenters. The maximum absolute atomic E-state index is 11.6. The van der Waals surface area contributed by atoms with Crippen LogP contribution in [-0.2, 0) is 45.9 Å². The largest absolute Gasteiger partial charge is 2.00 e. The van der Waals surface area contributed by atoms with Crippen LogP contribution in [0.25, 0.3) is 21.5 Å². The van der Waals surface area contributed by atoms with Crippen LogP contribution >= 0.6 is 0 Å². The topological polar surface area (TPSA) is 114 Å². The van der Waals surface area contributed by atoms with Gasteiger partial charge >= 0.3 is 37.7 Å². The molecule has 4 aromatic carbocycles. The van der Waals surface area contributed by atoms with Crippen LogP contribution in [0.2, 0.25) is 0 Å². The maximum Gasteiger partial charge on any atom is 2.00 e. The number of rotatable bonds is 42. The van der Waals surface area contributed by atoms with Crippen LogP contribution in [0.4, 0.5) is 0 Å². The second-order valence-corrected chi connectivity index (χ2v) is 24.3. The van der Waals surface area contributed by atoms with Gasteiger partial charge in [-0.1, -0.05) is 270 Å². The summed E-state index contributed by atoms with van der Waals surface area (Å²) in [5.41, 5.74) is 5.09. The van der Waals surface area contributed by atoms with Crippen LogP contribution in [0, 0.1) is 0 Å². The Morgan fingerprint density at radius 1 is 0.301 bits per heavy atom. The quantitative estimate of drug-likeness (QED) is 0.0248. The van der Waals surface area contributed by atoms with E-state index >= 15 is 0 Å². The van der Waals surface area contributed by atoms with E-state index in [4.69, 9.17) is 0 Å². The first kappa shape index (κ1) is 67.6. The number of hydrogen-bond donors (Lipinski definition) is 0. The molecule has 0 aromatic heterocycles. The van der Waals surface area contributed by atoms with Crippen molar-refractivity contribution in [1.29, 1.82) is 0 Å². The molecule has 408 valence electrons. The summed E-state index contributed by atoms with van der Waals surface area (Å²) in [6.07, 6.45) is 51.0. The molecule has 0 aliphatic heterocycles. The predicted molar refractivity (Wildman–Crippen MR) is 313 cm³/mol. The SMILES string of the molecule is CCCCCCCCCCCc1cc(CCCCCCCCCCC)c2cc(S(=O)(=O)[O-])ccc2c1.CCCCCCCCCCCc1cc(CCCCCCCCCCC)c2cc(S(=O)(=O)[O-])ccc2c1.[Ca+2]. The molecule has 0 saturated carbocycles. The first-order chi connectivity index (χ1) is 34.9. The molecule has 0 saturated heterocycles. The molecule has 4 aromatic rings. The Balaban J connectivity index is 0.000000493. The Labute approximate surface area is 478 Å². The molecule has 0 aliphatic carbocycles. The van der Waals surface area contributed by atoms with Gasteiger partial charge in [-0.25, -0.2) is 16.8 Å². The third kappa shape index (κ3) is 30.3. The normalized spacial score (nSPS) is 11.8. The van der Waals surface area contributed by atoms with Crippen LogP contribution in [-0.4, -0.2) is 63.7 Å². The van der Waals surface area contributed by atoms with E-state index in [1.54, 1.807) is 12.1 Å². The maximum atomic E-state index is 11.6. The summed E-state index contributed by atoms with van der Waals surface area (Å²) < 4.78 is 69.8. The predicted octanol–water partition coefficient (Wildman–Crippen LogP) is 19.4. The average molecular weight is 1070 g/mol. The fourth-order valence-electron chi connectivity index (χ4n) is 10.5. The van der Waals surface area contributed by atoms with E-state index in [-0.39, 0.29) is 47.5 Å². The second kappa shape index (κ2) is 41.6. The number of fused-ring (bicyclic) bond motifs is 2. The molecule has 73 heavy (non-hydrogen) atoms. The molecule has 0 bridgehead atoms. The van der Waals surface area contributed by atoms with Crippen molar-refractivity contribution in [2.45, 2.75) is 294 Å². The summed E-state index contributed by atoms with van der Waals surface area (Å²) in [6.45, 7) is 9.04. The van der Waals surface area contributed by atoms with Crippen molar-refractivity contribution in [2.75, 3.05) is 0 Å². The number of aryl methyl sites for hydroxylation is 4. The summed E-state index contributed by atoms with van der Waals surface area (Å²) in [4.78, 5) is -0.231.